The van der Waals surface area contributed by atoms with Crippen LogP contribution < -0.4 is 10.6 Å². The number of cyclic esters (lactones) is 1. The molecule has 1 aromatic carbocycles. The normalized spacial score (nSPS) is 19.9. The number of amides is 1. The van der Waals surface area contributed by atoms with Crippen molar-refractivity contribution in [3.63, 3.8) is 0 Å². The number of ether oxygens (including phenoxy) is 1. The molecule has 0 aliphatic carbocycles. The molecular weight excluding hydrogens is 208 g/mol. The topological polar surface area (TPSA) is 75.8 Å². The molecule has 1 heterocycles. The van der Waals surface area contributed by atoms with Crippen LogP contribution in [0.4, 0.5) is 10.5 Å². The van der Waals surface area contributed by atoms with E-state index < -0.39 is 0 Å². The number of rotatable bonds is 3. The Balaban J connectivity index is 2.22. The van der Waals surface area contributed by atoms with Crippen LogP contribution in [0.25, 0.3) is 0 Å². The average Bonchev–Trinajstić information content (AvgIpc) is 2.62. The van der Waals surface area contributed by atoms with Crippen molar-refractivity contribution >= 4 is 11.8 Å². The predicted octanol–water partition coefficient (Wildman–Crippen LogP) is 1.07. The van der Waals surface area contributed by atoms with E-state index in [-0.39, 0.29) is 17.9 Å². The third-order valence-corrected chi connectivity index (χ3v) is 2.59. The molecule has 1 unspecified atom stereocenters. The fourth-order valence-electron chi connectivity index (χ4n) is 1.79. The second kappa shape index (κ2) is 4.40. The fourth-order valence-corrected chi connectivity index (χ4v) is 1.79. The summed E-state index contributed by atoms with van der Waals surface area (Å²) in [5.41, 5.74) is 6.21. The van der Waals surface area contributed by atoms with Crippen LogP contribution in [0, 0.1) is 0 Å². The Kier molecular flexibility index (Phi) is 2.96. The Morgan fingerprint density at radius 2 is 2.12 bits per heavy atom. The van der Waals surface area contributed by atoms with Crippen LogP contribution in [0.2, 0.25) is 0 Å². The van der Waals surface area contributed by atoms with Gasteiger partial charge < -0.3 is 15.6 Å². The minimum absolute atomic E-state index is 0.0120. The van der Waals surface area contributed by atoms with Gasteiger partial charge in [0.15, 0.2) is 0 Å². The fraction of sp³-hybridized carbons (Fsp3) is 0.364. The van der Waals surface area contributed by atoms with Crippen molar-refractivity contribution in [2.24, 2.45) is 5.73 Å². The summed E-state index contributed by atoms with van der Waals surface area (Å²) in [7, 11) is 0. The molecule has 0 aromatic heterocycles. The summed E-state index contributed by atoms with van der Waals surface area (Å²) in [4.78, 5) is 13.1. The number of hydrogen-bond donors (Lipinski definition) is 2. The smallest absolute Gasteiger partial charge is 0.414 e. The van der Waals surface area contributed by atoms with Gasteiger partial charge in [-0.05, 0) is 37.2 Å². The number of benzene rings is 1. The molecule has 3 N–H and O–H groups in total. The first-order chi connectivity index (χ1) is 7.72. The molecule has 5 nitrogen and oxygen atoms in total. The Labute approximate surface area is 93.4 Å². The lowest BCUT2D eigenvalue weighted by atomic mass is 10.2. The Hall–Kier alpha value is -1.75. The lowest BCUT2D eigenvalue weighted by Gasteiger charge is -2.20. The van der Waals surface area contributed by atoms with Gasteiger partial charge in [0.05, 0.1) is 6.04 Å². The molecule has 86 valence electrons. The molecular formula is C11H14N2O3. The van der Waals surface area contributed by atoms with E-state index in [0.717, 1.165) is 5.69 Å². The zero-order valence-electron chi connectivity index (χ0n) is 8.80. The van der Waals surface area contributed by atoms with E-state index in [2.05, 4.69) is 0 Å². The lowest BCUT2D eigenvalue weighted by molar-refractivity contribution is 0.178. The second-order valence-corrected chi connectivity index (χ2v) is 3.69. The SMILES string of the molecule is NCCC1COC(=O)N1c1ccc(O)cc1. The number of aromatic hydroxyl groups is 1. The van der Waals surface area contributed by atoms with Crippen LogP contribution in [0.1, 0.15) is 6.42 Å². The van der Waals surface area contributed by atoms with E-state index in [1.807, 2.05) is 0 Å². The molecule has 1 aliphatic heterocycles. The minimum atomic E-state index is -0.357. The van der Waals surface area contributed by atoms with E-state index in [9.17, 15) is 9.90 Å². The van der Waals surface area contributed by atoms with Crippen LogP contribution >= 0.6 is 0 Å². The predicted molar refractivity (Wildman–Crippen MR) is 59.4 cm³/mol. The lowest BCUT2D eigenvalue weighted by Crippen LogP contribution is -2.34. The van der Waals surface area contributed by atoms with E-state index >= 15 is 0 Å². The van der Waals surface area contributed by atoms with Gasteiger partial charge in [-0.1, -0.05) is 0 Å². The van der Waals surface area contributed by atoms with Crippen LogP contribution in [-0.2, 0) is 4.74 Å². The zero-order chi connectivity index (χ0) is 11.5. The van der Waals surface area contributed by atoms with Crippen molar-refractivity contribution in [2.75, 3.05) is 18.1 Å². The van der Waals surface area contributed by atoms with Gasteiger partial charge >= 0.3 is 6.09 Å². The molecule has 1 amide bonds. The largest absolute Gasteiger partial charge is 0.508 e. The summed E-state index contributed by atoms with van der Waals surface area (Å²) in [5, 5.41) is 9.18. The summed E-state index contributed by atoms with van der Waals surface area (Å²) in [6.07, 6.45) is 0.344. The summed E-state index contributed by atoms with van der Waals surface area (Å²) < 4.78 is 4.98. The van der Waals surface area contributed by atoms with Gasteiger partial charge in [-0.3, -0.25) is 4.90 Å². The van der Waals surface area contributed by atoms with Crippen molar-refractivity contribution < 1.29 is 14.6 Å². The number of nitrogens with two attached hydrogens (primary N) is 1. The van der Waals surface area contributed by atoms with Gasteiger partial charge in [0.2, 0.25) is 0 Å². The van der Waals surface area contributed by atoms with Crippen molar-refractivity contribution in [3.05, 3.63) is 24.3 Å². The maximum Gasteiger partial charge on any atom is 0.414 e. The number of anilines is 1. The Morgan fingerprint density at radius 1 is 1.44 bits per heavy atom. The molecule has 1 aromatic rings. The van der Waals surface area contributed by atoms with E-state index in [1.165, 1.54) is 0 Å². The molecule has 16 heavy (non-hydrogen) atoms. The van der Waals surface area contributed by atoms with E-state index in [1.54, 1.807) is 29.2 Å². The van der Waals surface area contributed by atoms with Crippen LogP contribution in [0.3, 0.4) is 0 Å². The molecule has 1 fully saturated rings. The molecule has 0 spiro atoms. The molecule has 1 aliphatic rings. The summed E-state index contributed by atoms with van der Waals surface area (Å²) in [5.74, 6) is 0.173. The third kappa shape index (κ3) is 1.94. The second-order valence-electron chi connectivity index (χ2n) is 3.69. The highest BCUT2D eigenvalue weighted by Crippen LogP contribution is 2.26. The summed E-state index contributed by atoms with van der Waals surface area (Å²) >= 11 is 0. The van der Waals surface area contributed by atoms with Crippen molar-refractivity contribution in [1.29, 1.82) is 0 Å². The molecule has 5 heteroatoms. The third-order valence-electron chi connectivity index (χ3n) is 2.59. The molecule has 0 bridgehead atoms. The van der Waals surface area contributed by atoms with Gasteiger partial charge in [0.25, 0.3) is 0 Å². The average molecular weight is 222 g/mol. The first-order valence-electron chi connectivity index (χ1n) is 5.17. The van der Waals surface area contributed by atoms with Gasteiger partial charge in [0.1, 0.15) is 12.4 Å². The van der Waals surface area contributed by atoms with Crippen molar-refractivity contribution in [1.82, 2.24) is 0 Å². The highest BCUT2D eigenvalue weighted by atomic mass is 16.6. The molecule has 1 saturated heterocycles. The number of hydrogen-bond acceptors (Lipinski definition) is 4. The molecule has 2 rings (SSSR count). The Morgan fingerprint density at radius 3 is 2.75 bits per heavy atom. The number of phenols is 1. The molecule has 1 atom stereocenters. The number of carbonyl (C=O) groups is 1. The van der Waals surface area contributed by atoms with E-state index in [4.69, 9.17) is 10.5 Å². The van der Waals surface area contributed by atoms with E-state index in [0.29, 0.717) is 19.6 Å². The highest BCUT2D eigenvalue weighted by molar-refractivity contribution is 5.90. The number of carbonyl (C=O) groups excluding carboxylic acids is 1. The van der Waals surface area contributed by atoms with Gasteiger partial charge in [0, 0.05) is 5.69 Å². The van der Waals surface area contributed by atoms with Crippen molar-refractivity contribution in [2.45, 2.75) is 12.5 Å². The Bertz CT molecular complexity index is 377. The number of phenolic OH excluding ortho intramolecular Hbond substituents is 1. The van der Waals surface area contributed by atoms with Crippen molar-refractivity contribution in [3.8, 4) is 5.75 Å². The summed E-state index contributed by atoms with van der Waals surface area (Å²) in [6, 6.07) is 6.44. The molecule has 0 radical (unpaired) electrons. The monoisotopic (exact) mass is 222 g/mol. The van der Waals surface area contributed by atoms with Crippen LogP contribution in [0.15, 0.2) is 24.3 Å². The maximum atomic E-state index is 11.5. The highest BCUT2D eigenvalue weighted by Gasteiger charge is 2.33. The first-order valence-corrected chi connectivity index (χ1v) is 5.17. The molecule has 0 saturated carbocycles. The van der Waals surface area contributed by atoms with Gasteiger partial charge in [-0.2, -0.15) is 0 Å². The van der Waals surface area contributed by atoms with Crippen LogP contribution in [0.5, 0.6) is 5.75 Å². The summed E-state index contributed by atoms with van der Waals surface area (Å²) in [6.45, 7) is 0.882. The maximum absolute atomic E-state index is 11.5. The van der Waals surface area contributed by atoms with Gasteiger partial charge in [-0.15, -0.1) is 0 Å². The minimum Gasteiger partial charge on any atom is -0.508 e. The zero-order valence-corrected chi connectivity index (χ0v) is 8.80. The standard InChI is InChI=1S/C11H14N2O3/c12-6-5-9-7-16-11(15)13(9)8-1-3-10(14)4-2-8/h1-4,9,14H,5-7,12H2. The first kappa shape index (κ1) is 10.8. The van der Waals surface area contributed by atoms with Gasteiger partial charge in [-0.25, -0.2) is 4.79 Å². The quantitative estimate of drug-likeness (QED) is 0.802. The number of nitrogens with zero attached hydrogens (tertiary/aromatic N) is 1. The van der Waals surface area contributed by atoms with Crippen LogP contribution in [-0.4, -0.2) is 30.4 Å².